The second-order valence-corrected chi connectivity index (χ2v) is 5.70. The van der Waals surface area contributed by atoms with Crippen LogP contribution in [0.25, 0.3) is 0 Å². The minimum absolute atomic E-state index is 0. The second kappa shape index (κ2) is 8.56. The fourth-order valence-corrected chi connectivity index (χ4v) is 2.26. The highest BCUT2D eigenvalue weighted by atomic mass is 32.2. The lowest BCUT2D eigenvalue weighted by atomic mass is 10.7. The molecule has 21 heavy (non-hydrogen) atoms. The van der Waals surface area contributed by atoms with Gasteiger partial charge in [-0.05, 0) is 20.8 Å². The summed E-state index contributed by atoms with van der Waals surface area (Å²) in [5.74, 6) is 1.93. The van der Waals surface area contributed by atoms with Gasteiger partial charge in [-0.3, -0.25) is 19.6 Å². The van der Waals surface area contributed by atoms with E-state index in [9.17, 15) is 13.8 Å². The lowest BCUT2D eigenvalue weighted by Crippen LogP contribution is -2.11. The summed E-state index contributed by atoms with van der Waals surface area (Å²) in [6, 6.07) is 0. The molecule has 0 saturated heterocycles. The van der Waals surface area contributed by atoms with E-state index >= 15 is 0 Å². The van der Waals surface area contributed by atoms with Crippen molar-refractivity contribution in [2.24, 2.45) is 4.40 Å². The molecule has 1 atom stereocenters. The molecule has 0 amide bonds. The standard InChI is InChI=1S/2C3H4N2OS.C2H4N2O2S.3H2/c2*1-2-4-3(6)7-5-2;1-2-3-6-7(5)4-2;;;/h2*1H3,(H,4,5,6);1H3,(H,3,4);3*1H. The summed E-state index contributed by atoms with van der Waals surface area (Å²) in [7, 11) is 0. The molecule has 1 unspecified atom stereocenters. The van der Waals surface area contributed by atoms with Crippen molar-refractivity contribution in [2.45, 2.75) is 20.8 Å². The summed E-state index contributed by atoms with van der Waals surface area (Å²) in [5, 5.41) is 0. The zero-order chi connectivity index (χ0) is 15.8. The highest BCUT2D eigenvalue weighted by Crippen LogP contribution is 1.92. The van der Waals surface area contributed by atoms with Crippen molar-refractivity contribution in [3.05, 3.63) is 31.0 Å². The first-order valence-electron chi connectivity index (χ1n) is 5.32. The molecule has 0 bridgehead atoms. The summed E-state index contributed by atoms with van der Waals surface area (Å²) >= 11 is 0.410. The summed E-state index contributed by atoms with van der Waals surface area (Å²) in [6.07, 6.45) is 0. The molecule has 0 radical (unpaired) electrons. The van der Waals surface area contributed by atoms with E-state index < -0.39 is 11.3 Å². The number of aryl methyl sites for hydroxylation is 2. The lowest BCUT2D eigenvalue weighted by Gasteiger charge is -1.83. The highest BCUT2D eigenvalue weighted by Gasteiger charge is 2.05. The minimum Gasteiger partial charge on any atom is -0.300 e. The molecule has 0 saturated carbocycles. The van der Waals surface area contributed by atoms with Crippen LogP contribution < -0.4 is 15.2 Å². The minimum atomic E-state index is -1.48. The first-order valence-corrected chi connectivity index (χ1v) is 7.90. The highest BCUT2D eigenvalue weighted by molar-refractivity contribution is 7.79. The zero-order valence-electron chi connectivity index (χ0n) is 11.2. The van der Waals surface area contributed by atoms with Gasteiger partial charge in [0.05, 0.1) is 0 Å². The Morgan fingerprint density at radius 3 is 1.62 bits per heavy atom. The third kappa shape index (κ3) is 7.60. The van der Waals surface area contributed by atoms with Gasteiger partial charge >= 0.3 is 21.0 Å². The normalized spacial score (nSPS) is 16.0. The molecular formula is C8H18N6O4S3. The predicted molar refractivity (Wildman–Crippen MR) is 86.8 cm³/mol. The number of nitrogens with one attached hydrogen (secondary N) is 3. The number of amidine groups is 1. The number of hydroxylamine groups is 1. The summed E-state index contributed by atoms with van der Waals surface area (Å²) < 4.78 is 25.2. The van der Waals surface area contributed by atoms with Gasteiger partial charge in [-0.25, -0.2) is 9.69 Å². The van der Waals surface area contributed by atoms with Gasteiger partial charge in [0.2, 0.25) is 0 Å². The first-order chi connectivity index (χ1) is 9.86. The van der Waals surface area contributed by atoms with E-state index in [2.05, 4.69) is 32.9 Å². The first kappa shape index (κ1) is 17.4. The van der Waals surface area contributed by atoms with Crippen molar-refractivity contribution in [3.8, 4) is 0 Å². The van der Waals surface area contributed by atoms with E-state index in [0.29, 0.717) is 17.5 Å². The smallest absolute Gasteiger partial charge is 0.300 e. The molecule has 0 fully saturated rings. The number of rotatable bonds is 0. The van der Waals surface area contributed by atoms with Crippen LogP contribution >= 0.6 is 23.1 Å². The van der Waals surface area contributed by atoms with E-state index in [-0.39, 0.29) is 14.0 Å². The van der Waals surface area contributed by atoms with Gasteiger partial charge < -0.3 is 0 Å². The molecule has 10 nitrogen and oxygen atoms in total. The van der Waals surface area contributed by atoms with Gasteiger partial charge in [-0.1, -0.05) is 0 Å². The quantitative estimate of drug-likeness (QED) is 0.623. The van der Waals surface area contributed by atoms with Crippen molar-refractivity contribution in [3.63, 3.8) is 0 Å². The van der Waals surface area contributed by atoms with Crippen LogP contribution in [0.1, 0.15) is 22.9 Å². The van der Waals surface area contributed by atoms with Crippen molar-refractivity contribution in [1.29, 1.82) is 0 Å². The second-order valence-electron chi connectivity index (χ2n) is 3.44. The molecule has 3 heterocycles. The van der Waals surface area contributed by atoms with Crippen LogP contribution in [0, 0.1) is 13.8 Å². The van der Waals surface area contributed by atoms with Crippen molar-refractivity contribution in [2.75, 3.05) is 0 Å². The number of aromatic nitrogens is 4. The Labute approximate surface area is 133 Å². The Morgan fingerprint density at radius 2 is 1.52 bits per heavy atom. The van der Waals surface area contributed by atoms with E-state index in [4.69, 9.17) is 0 Å². The van der Waals surface area contributed by atoms with Crippen molar-refractivity contribution < 1.29 is 12.8 Å². The van der Waals surface area contributed by atoms with Gasteiger partial charge in [0.15, 0.2) is 0 Å². The summed E-state index contributed by atoms with van der Waals surface area (Å²) in [6.45, 7) is 5.17. The number of hydrogen-bond donors (Lipinski definition) is 3. The maximum absolute atomic E-state index is 10.2. The molecule has 122 valence electrons. The molecule has 2 aromatic rings. The van der Waals surface area contributed by atoms with Crippen LogP contribution in [-0.2, 0) is 15.6 Å². The molecule has 0 spiro atoms. The van der Waals surface area contributed by atoms with Gasteiger partial charge in [-0.15, -0.1) is 4.40 Å². The Balaban J connectivity index is -0.000000259. The third-order valence-corrected chi connectivity index (χ3v) is 3.48. The Hall–Kier alpha value is -1.70. The molecule has 0 aromatic carbocycles. The number of aromatic amines is 2. The van der Waals surface area contributed by atoms with Gasteiger partial charge in [-0.2, -0.15) is 13.0 Å². The Bertz CT molecular complexity index is 695. The van der Waals surface area contributed by atoms with Crippen molar-refractivity contribution >= 4 is 40.2 Å². The van der Waals surface area contributed by atoms with Crippen LogP contribution in [-0.4, -0.2) is 28.8 Å². The van der Waals surface area contributed by atoms with Crippen molar-refractivity contribution in [1.82, 2.24) is 24.2 Å². The lowest BCUT2D eigenvalue weighted by molar-refractivity contribution is 0.304. The van der Waals surface area contributed by atoms with E-state index in [1.807, 2.05) is 0 Å². The third-order valence-electron chi connectivity index (χ3n) is 1.57. The van der Waals surface area contributed by atoms with E-state index in [1.54, 1.807) is 20.8 Å². The maximum atomic E-state index is 10.2. The largest absolute Gasteiger partial charge is 0.323 e. The van der Waals surface area contributed by atoms with Crippen LogP contribution in [0.5, 0.6) is 0 Å². The fraction of sp³-hybridized carbons (Fsp3) is 0.375. The number of hydrogen-bond acceptors (Lipinski definition) is 9. The number of H-pyrrole nitrogens is 2. The van der Waals surface area contributed by atoms with Crippen LogP contribution in [0.3, 0.4) is 0 Å². The molecular weight excluding hydrogens is 340 g/mol. The fourth-order valence-electron chi connectivity index (χ4n) is 0.852. The summed E-state index contributed by atoms with van der Waals surface area (Å²) in [4.78, 5) is 25.2. The topological polar surface area (TPSA) is 142 Å². The average molecular weight is 358 g/mol. The van der Waals surface area contributed by atoms with E-state index in [1.165, 1.54) is 0 Å². The van der Waals surface area contributed by atoms with Gasteiger partial charge in [0.1, 0.15) is 17.5 Å². The SMILES string of the molecule is CC1=NS(=O)ON1.Cc1nsc(=O)[nH]1.Cc1nsc(=O)[nH]1.[HH].[HH].[HH]. The van der Waals surface area contributed by atoms with Crippen LogP contribution in [0.15, 0.2) is 14.0 Å². The molecule has 0 aliphatic carbocycles. The predicted octanol–water partition coefficient (Wildman–Crippen LogP) is 0.536. The summed E-state index contributed by atoms with van der Waals surface area (Å²) in [5.41, 5.74) is 2.32. The molecule has 2 aromatic heterocycles. The molecule has 1 aliphatic rings. The zero-order valence-corrected chi connectivity index (χ0v) is 13.6. The number of nitrogens with zero attached hydrogens (tertiary/aromatic N) is 3. The van der Waals surface area contributed by atoms with Gasteiger partial charge in [0, 0.05) is 27.3 Å². The average Bonchev–Trinajstić information content (AvgIpc) is 3.06. The maximum Gasteiger partial charge on any atom is 0.323 e. The van der Waals surface area contributed by atoms with Gasteiger partial charge in [0.25, 0.3) is 0 Å². The Kier molecular flexibility index (Phi) is 7.07. The molecule has 1 aliphatic heterocycles. The van der Waals surface area contributed by atoms with E-state index in [0.717, 1.165) is 23.1 Å². The Morgan fingerprint density at radius 1 is 1.05 bits per heavy atom. The molecule has 3 rings (SSSR count). The van der Waals surface area contributed by atoms with Crippen LogP contribution in [0.2, 0.25) is 0 Å². The molecule has 3 N–H and O–H groups in total. The molecule has 13 heteroatoms. The monoisotopic (exact) mass is 358 g/mol. The van der Waals surface area contributed by atoms with Crippen LogP contribution in [0.4, 0.5) is 0 Å².